The summed E-state index contributed by atoms with van der Waals surface area (Å²) >= 11 is 0. The van der Waals surface area contributed by atoms with Crippen LogP contribution in [0.4, 0.5) is 4.39 Å². The molecule has 0 amide bonds. The van der Waals surface area contributed by atoms with Crippen molar-refractivity contribution in [2.24, 2.45) is 5.73 Å². The third kappa shape index (κ3) is 1.80. The lowest BCUT2D eigenvalue weighted by atomic mass is 10.1. The molecule has 0 unspecified atom stereocenters. The average Bonchev–Trinajstić information content (AvgIpc) is 2.98. The summed E-state index contributed by atoms with van der Waals surface area (Å²) < 4.78 is 36.9. The van der Waals surface area contributed by atoms with E-state index in [2.05, 4.69) is 0 Å². The van der Waals surface area contributed by atoms with Crippen molar-refractivity contribution < 1.29 is 12.8 Å². The number of sulfone groups is 1. The Morgan fingerprint density at radius 1 is 1.56 bits per heavy atom. The molecule has 0 saturated heterocycles. The maximum Gasteiger partial charge on any atom is 0.156 e. The lowest BCUT2D eigenvalue weighted by Crippen LogP contribution is -2.29. The third-order valence-corrected chi connectivity index (χ3v) is 5.61. The number of halogens is 1. The second-order valence-electron chi connectivity index (χ2n) is 4.45. The lowest BCUT2D eigenvalue weighted by Gasteiger charge is -2.00. The van der Waals surface area contributed by atoms with Gasteiger partial charge in [-0.25, -0.2) is 12.8 Å². The van der Waals surface area contributed by atoms with Gasteiger partial charge in [-0.15, -0.1) is 0 Å². The maximum atomic E-state index is 13.1. The van der Waals surface area contributed by atoms with Gasteiger partial charge in [-0.1, -0.05) is 19.1 Å². The van der Waals surface area contributed by atoms with Crippen LogP contribution in [0.5, 0.6) is 0 Å². The number of nitriles is 1. The van der Waals surface area contributed by atoms with Crippen LogP contribution in [0.25, 0.3) is 0 Å². The van der Waals surface area contributed by atoms with E-state index in [1.165, 1.54) is 25.1 Å². The van der Waals surface area contributed by atoms with Crippen LogP contribution in [-0.2, 0) is 9.84 Å². The van der Waals surface area contributed by atoms with Gasteiger partial charge in [0.05, 0.1) is 6.07 Å². The first-order valence-corrected chi connectivity index (χ1v) is 7.25. The van der Waals surface area contributed by atoms with Crippen LogP contribution in [0.2, 0.25) is 0 Å². The van der Waals surface area contributed by atoms with Gasteiger partial charge in [0.25, 0.3) is 0 Å². The molecule has 4 nitrogen and oxygen atoms in total. The van der Waals surface area contributed by atoms with Crippen LogP contribution in [-0.4, -0.2) is 25.0 Å². The van der Waals surface area contributed by atoms with Crippen LogP contribution in [0.1, 0.15) is 18.4 Å². The molecular weight excluding hydrogens is 255 g/mol. The van der Waals surface area contributed by atoms with Gasteiger partial charge < -0.3 is 5.73 Å². The van der Waals surface area contributed by atoms with E-state index in [1.54, 1.807) is 6.07 Å². The normalized spacial score (nSPS) is 30.8. The Hall–Kier alpha value is -1.45. The zero-order chi connectivity index (χ0) is 13.6. The van der Waals surface area contributed by atoms with Gasteiger partial charge in [0.15, 0.2) is 9.84 Å². The summed E-state index contributed by atoms with van der Waals surface area (Å²) in [6.45, 7) is 1.51. The molecule has 1 fully saturated rings. The van der Waals surface area contributed by atoms with Crippen molar-refractivity contribution in [3.8, 4) is 6.07 Å². The molecule has 0 spiro atoms. The Balaban J connectivity index is 2.45. The Bertz CT molecular complexity index is 623. The van der Waals surface area contributed by atoms with Gasteiger partial charge in [-0.2, -0.15) is 5.26 Å². The van der Waals surface area contributed by atoms with Gasteiger partial charge in [0, 0.05) is 11.7 Å². The SMILES string of the molecule is CCS(=O)(=O)[C@@H]1[C@H](c2cccc(F)c2)[C@]1(N)C#N. The van der Waals surface area contributed by atoms with Crippen molar-refractivity contribution in [1.29, 1.82) is 5.26 Å². The zero-order valence-electron chi connectivity index (χ0n) is 9.80. The van der Waals surface area contributed by atoms with Gasteiger partial charge in [0.1, 0.15) is 16.6 Å². The predicted octanol–water partition coefficient (Wildman–Crippen LogP) is 0.947. The number of benzene rings is 1. The number of rotatable bonds is 3. The van der Waals surface area contributed by atoms with Crippen molar-refractivity contribution in [2.45, 2.75) is 23.6 Å². The molecule has 0 bridgehead atoms. The average molecular weight is 268 g/mol. The molecule has 0 aliphatic heterocycles. The highest BCUT2D eigenvalue weighted by Crippen LogP contribution is 2.53. The second kappa shape index (κ2) is 4.04. The van der Waals surface area contributed by atoms with Gasteiger partial charge in [-0.05, 0) is 17.7 Å². The highest BCUT2D eigenvalue weighted by atomic mass is 32.2. The fraction of sp³-hybridized carbons (Fsp3) is 0.417. The Labute approximate surface area is 105 Å². The van der Waals surface area contributed by atoms with E-state index in [0.717, 1.165) is 0 Å². The standard InChI is InChI=1S/C12H13FN2O2S/c1-2-18(16,17)11-10(12(11,15)7-14)8-4-3-5-9(13)6-8/h3-6,10-11H,2,15H2,1H3/t10-,11+,12+/m0/s1. The molecular formula is C12H13FN2O2S. The summed E-state index contributed by atoms with van der Waals surface area (Å²) in [4.78, 5) is 0. The largest absolute Gasteiger partial charge is 0.312 e. The molecule has 1 saturated carbocycles. The molecule has 6 heteroatoms. The molecule has 96 valence electrons. The summed E-state index contributed by atoms with van der Waals surface area (Å²) in [5.41, 5.74) is 4.83. The number of hydrogen-bond acceptors (Lipinski definition) is 4. The minimum absolute atomic E-state index is 0.0793. The van der Waals surface area contributed by atoms with Crippen LogP contribution in [0, 0.1) is 17.1 Å². The first kappa shape index (κ1) is 13.0. The van der Waals surface area contributed by atoms with Crippen molar-refractivity contribution in [3.63, 3.8) is 0 Å². The molecule has 18 heavy (non-hydrogen) atoms. The molecule has 1 aromatic carbocycles. The molecule has 2 N–H and O–H groups in total. The highest BCUT2D eigenvalue weighted by Gasteiger charge is 2.69. The summed E-state index contributed by atoms with van der Waals surface area (Å²) in [6, 6.07) is 7.42. The number of hydrogen-bond donors (Lipinski definition) is 1. The van der Waals surface area contributed by atoms with E-state index in [-0.39, 0.29) is 5.75 Å². The monoisotopic (exact) mass is 268 g/mol. The minimum Gasteiger partial charge on any atom is -0.312 e. The van der Waals surface area contributed by atoms with E-state index in [0.29, 0.717) is 5.56 Å². The fourth-order valence-corrected chi connectivity index (χ4v) is 4.21. The third-order valence-electron chi connectivity index (χ3n) is 3.37. The van der Waals surface area contributed by atoms with Gasteiger partial charge >= 0.3 is 0 Å². The van der Waals surface area contributed by atoms with Crippen LogP contribution in [0.15, 0.2) is 24.3 Å². The molecule has 1 aliphatic rings. The van der Waals surface area contributed by atoms with E-state index in [9.17, 15) is 12.8 Å². The molecule has 1 aliphatic carbocycles. The predicted molar refractivity (Wildman–Crippen MR) is 64.9 cm³/mol. The van der Waals surface area contributed by atoms with E-state index in [1.807, 2.05) is 6.07 Å². The van der Waals surface area contributed by atoms with Crippen LogP contribution in [0.3, 0.4) is 0 Å². The Kier molecular flexibility index (Phi) is 2.92. The van der Waals surface area contributed by atoms with Gasteiger partial charge in [0.2, 0.25) is 0 Å². The van der Waals surface area contributed by atoms with E-state index < -0.39 is 32.4 Å². The Morgan fingerprint density at radius 2 is 2.22 bits per heavy atom. The van der Waals surface area contributed by atoms with Gasteiger partial charge in [-0.3, -0.25) is 0 Å². The zero-order valence-corrected chi connectivity index (χ0v) is 10.6. The summed E-state index contributed by atoms with van der Waals surface area (Å²) in [5.74, 6) is -1.19. The number of nitrogens with zero attached hydrogens (tertiary/aromatic N) is 1. The van der Waals surface area contributed by atoms with E-state index in [4.69, 9.17) is 11.0 Å². The highest BCUT2D eigenvalue weighted by molar-refractivity contribution is 7.92. The minimum atomic E-state index is -3.42. The number of nitrogens with two attached hydrogens (primary N) is 1. The molecule has 3 atom stereocenters. The summed E-state index contributed by atoms with van der Waals surface area (Å²) in [5, 5.41) is 8.12. The molecule has 2 rings (SSSR count). The molecule has 0 radical (unpaired) electrons. The summed E-state index contributed by atoms with van der Waals surface area (Å²) in [6.07, 6.45) is 0. The summed E-state index contributed by atoms with van der Waals surface area (Å²) in [7, 11) is -3.42. The molecule has 0 heterocycles. The Morgan fingerprint density at radius 3 is 2.72 bits per heavy atom. The second-order valence-corrected chi connectivity index (χ2v) is 6.86. The van der Waals surface area contributed by atoms with Crippen molar-refractivity contribution >= 4 is 9.84 Å². The van der Waals surface area contributed by atoms with Crippen molar-refractivity contribution in [3.05, 3.63) is 35.6 Å². The molecule has 1 aromatic rings. The topological polar surface area (TPSA) is 83.9 Å². The van der Waals surface area contributed by atoms with Crippen molar-refractivity contribution in [1.82, 2.24) is 0 Å². The van der Waals surface area contributed by atoms with E-state index >= 15 is 0 Å². The first-order chi connectivity index (χ1) is 8.36. The van der Waals surface area contributed by atoms with Crippen LogP contribution < -0.4 is 5.73 Å². The van der Waals surface area contributed by atoms with Crippen molar-refractivity contribution in [2.75, 3.05) is 5.75 Å². The fourth-order valence-electron chi connectivity index (χ4n) is 2.34. The maximum absolute atomic E-state index is 13.1. The smallest absolute Gasteiger partial charge is 0.156 e. The first-order valence-electron chi connectivity index (χ1n) is 5.54. The molecule has 0 aromatic heterocycles. The quantitative estimate of drug-likeness (QED) is 0.884. The lowest BCUT2D eigenvalue weighted by molar-refractivity contribution is 0.593. The van der Waals surface area contributed by atoms with Crippen LogP contribution >= 0.6 is 0 Å².